The number of aryl methyl sites for hydroxylation is 1. The van der Waals surface area contributed by atoms with Gasteiger partial charge in [0.2, 0.25) is 0 Å². The highest BCUT2D eigenvalue weighted by atomic mass is 35.5. The average Bonchev–Trinajstić information content (AvgIpc) is 3.07. The lowest BCUT2D eigenvalue weighted by atomic mass is 10.1. The summed E-state index contributed by atoms with van der Waals surface area (Å²) in [5.74, 6) is 0.875. The molecule has 0 aliphatic carbocycles. The fraction of sp³-hybridized carbons (Fsp3) is 0.200. The fourth-order valence-electron chi connectivity index (χ4n) is 2.25. The van der Waals surface area contributed by atoms with Crippen LogP contribution in [0.2, 0.25) is 5.02 Å². The van der Waals surface area contributed by atoms with E-state index >= 15 is 0 Å². The van der Waals surface area contributed by atoms with Crippen LogP contribution in [0.3, 0.4) is 0 Å². The summed E-state index contributed by atoms with van der Waals surface area (Å²) >= 11 is 5.99. The van der Waals surface area contributed by atoms with Gasteiger partial charge in [-0.05, 0) is 25.1 Å². The second kappa shape index (κ2) is 5.26. The van der Waals surface area contributed by atoms with Crippen LogP contribution in [0.15, 0.2) is 35.0 Å². The first-order chi connectivity index (χ1) is 10.1. The van der Waals surface area contributed by atoms with E-state index < -0.39 is 0 Å². The van der Waals surface area contributed by atoms with Gasteiger partial charge in [0.05, 0.1) is 6.54 Å². The predicted molar refractivity (Wildman–Crippen MR) is 80.3 cm³/mol. The van der Waals surface area contributed by atoms with Gasteiger partial charge in [0.15, 0.2) is 5.76 Å². The first kappa shape index (κ1) is 13.7. The molecule has 5 nitrogen and oxygen atoms in total. The quantitative estimate of drug-likeness (QED) is 0.806. The number of aromatic amines is 1. The lowest BCUT2D eigenvalue weighted by Crippen LogP contribution is -2.26. The molecule has 1 N–H and O–H groups in total. The topological polar surface area (TPSA) is 62.1 Å². The Hall–Kier alpha value is -2.27. The van der Waals surface area contributed by atoms with Crippen molar-refractivity contribution < 1.29 is 9.21 Å². The second-order valence-electron chi connectivity index (χ2n) is 4.89. The van der Waals surface area contributed by atoms with Crippen molar-refractivity contribution in [1.82, 2.24) is 14.9 Å². The van der Waals surface area contributed by atoms with Crippen LogP contribution < -0.4 is 0 Å². The highest BCUT2D eigenvalue weighted by Gasteiger charge is 2.21. The third-order valence-electron chi connectivity index (χ3n) is 3.38. The molecule has 0 atom stereocenters. The Kier molecular flexibility index (Phi) is 3.43. The lowest BCUT2D eigenvalue weighted by molar-refractivity contribution is 0.0751. The van der Waals surface area contributed by atoms with Crippen molar-refractivity contribution in [2.24, 2.45) is 0 Å². The van der Waals surface area contributed by atoms with Crippen LogP contribution in [-0.2, 0) is 6.54 Å². The van der Waals surface area contributed by atoms with E-state index in [9.17, 15) is 4.79 Å². The largest absolute Gasteiger partial charge is 0.451 e. The minimum atomic E-state index is -0.184. The van der Waals surface area contributed by atoms with E-state index in [0.29, 0.717) is 22.9 Å². The Balaban J connectivity index is 1.92. The molecule has 0 fully saturated rings. The summed E-state index contributed by atoms with van der Waals surface area (Å²) in [4.78, 5) is 21.1. The van der Waals surface area contributed by atoms with Crippen molar-refractivity contribution >= 4 is 28.5 Å². The molecule has 0 bridgehead atoms. The number of nitrogens with one attached hydrogen (secondary N) is 1. The van der Waals surface area contributed by atoms with E-state index in [-0.39, 0.29) is 5.91 Å². The van der Waals surface area contributed by atoms with Crippen molar-refractivity contribution in [1.29, 1.82) is 0 Å². The Morgan fingerprint density at radius 1 is 1.48 bits per heavy atom. The van der Waals surface area contributed by atoms with E-state index in [0.717, 1.165) is 16.8 Å². The Morgan fingerprint density at radius 3 is 3.00 bits per heavy atom. The first-order valence-corrected chi connectivity index (χ1v) is 6.86. The highest BCUT2D eigenvalue weighted by Crippen LogP contribution is 2.28. The lowest BCUT2D eigenvalue weighted by Gasteiger charge is -2.14. The summed E-state index contributed by atoms with van der Waals surface area (Å²) in [6.07, 6.45) is 3.38. The standard InChI is InChI=1S/C15H14ClN3O2/c1-9-11-7-10(16)3-4-12(11)21-14(9)15(20)19(2)8-13-17-5-6-18-13/h3-7H,8H2,1-2H3,(H,17,18). The van der Waals surface area contributed by atoms with Gasteiger partial charge in [-0.3, -0.25) is 4.79 Å². The van der Waals surface area contributed by atoms with Crippen LogP contribution in [0, 0.1) is 6.92 Å². The molecular formula is C15H14ClN3O2. The minimum absolute atomic E-state index is 0.184. The molecule has 0 unspecified atom stereocenters. The number of H-pyrrole nitrogens is 1. The van der Waals surface area contributed by atoms with Crippen LogP contribution in [0.5, 0.6) is 0 Å². The number of halogens is 1. The van der Waals surface area contributed by atoms with E-state index in [1.165, 1.54) is 0 Å². The number of hydrogen-bond acceptors (Lipinski definition) is 3. The van der Waals surface area contributed by atoms with Crippen LogP contribution in [0.4, 0.5) is 0 Å². The number of nitrogens with zero attached hydrogens (tertiary/aromatic N) is 2. The molecule has 3 aromatic rings. The van der Waals surface area contributed by atoms with E-state index in [1.54, 1.807) is 42.5 Å². The third-order valence-corrected chi connectivity index (χ3v) is 3.62. The second-order valence-corrected chi connectivity index (χ2v) is 5.33. The van der Waals surface area contributed by atoms with Gasteiger partial charge in [0, 0.05) is 35.4 Å². The number of furan rings is 1. The van der Waals surface area contributed by atoms with Gasteiger partial charge in [-0.1, -0.05) is 11.6 Å². The van der Waals surface area contributed by atoms with Crippen LogP contribution >= 0.6 is 11.6 Å². The van der Waals surface area contributed by atoms with Crippen molar-refractivity contribution in [2.75, 3.05) is 7.05 Å². The Bertz CT molecular complexity index is 793. The summed E-state index contributed by atoms with van der Waals surface area (Å²) in [6, 6.07) is 5.32. The summed E-state index contributed by atoms with van der Waals surface area (Å²) in [6.45, 7) is 2.25. The molecule has 21 heavy (non-hydrogen) atoms. The van der Waals surface area contributed by atoms with Gasteiger partial charge in [-0.15, -0.1) is 0 Å². The number of aromatic nitrogens is 2. The molecule has 0 saturated carbocycles. The van der Waals surface area contributed by atoms with Gasteiger partial charge < -0.3 is 14.3 Å². The first-order valence-electron chi connectivity index (χ1n) is 6.48. The Labute approximate surface area is 126 Å². The summed E-state index contributed by atoms with van der Waals surface area (Å²) in [5, 5.41) is 1.48. The smallest absolute Gasteiger partial charge is 0.290 e. The van der Waals surface area contributed by atoms with E-state index in [4.69, 9.17) is 16.0 Å². The molecule has 1 amide bonds. The maximum atomic E-state index is 12.5. The van der Waals surface area contributed by atoms with Crippen molar-refractivity contribution in [3.63, 3.8) is 0 Å². The van der Waals surface area contributed by atoms with E-state index in [2.05, 4.69) is 9.97 Å². The zero-order valence-electron chi connectivity index (χ0n) is 11.7. The van der Waals surface area contributed by atoms with Gasteiger partial charge in [0.25, 0.3) is 5.91 Å². The predicted octanol–water partition coefficient (Wildman–Crippen LogP) is 3.39. The van der Waals surface area contributed by atoms with Crippen LogP contribution in [-0.4, -0.2) is 27.8 Å². The number of benzene rings is 1. The summed E-state index contributed by atoms with van der Waals surface area (Å²) in [7, 11) is 1.71. The molecular weight excluding hydrogens is 290 g/mol. The number of amides is 1. The van der Waals surface area contributed by atoms with Gasteiger partial charge in [-0.2, -0.15) is 0 Å². The molecule has 0 saturated heterocycles. The summed E-state index contributed by atoms with van der Waals surface area (Å²) in [5.41, 5.74) is 1.45. The maximum Gasteiger partial charge on any atom is 0.290 e. The van der Waals surface area contributed by atoms with Gasteiger partial charge in [0.1, 0.15) is 11.4 Å². The number of imidazole rings is 1. The number of fused-ring (bicyclic) bond motifs is 1. The normalized spacial score (nSPS) is 11.0. The zero-order valence-corrected chi connectivity index (χ0v) is 12.4. The number of rotatable bonds is 3. The molecule has 6 heteroatoms. The average molecular weight is 304 g/mol. The van der Waals surface area contributed by atoms with E-state index in [1.807, 2.05) is 6.92 Å². The zero-order chi connectivity index (χ0) is 15.0. The molecule has 0 spiro atoms. The molecule has 0 aliphatic rings. The number of hydrogen-bond donors (Lipinski definition) is 1. The molecule has 3 rings (SSSR count). The fourth-order valence-corrected chi connectivity index (χ4v) is 2.42. The number of carbonyl (C=O) groups is 1. The van der Waals surface area contributed by atoms with Crippen LogP contribution in [0.1, 0.15) is 21.9 Å². The van der Waals surface area contributed by atoms with Gasteiger partial charge in [-0.25, -0.2) is 4.98 Å². The van der Waals surface area contributed by atoms with Crippen molar-refractivity contribution in [3.8, 4) is 0 Å². The highest BCUT2D eigenvalue weighted by molar-refractivity contribution is 6.31. The van der Waals surface area contributed by atoms with Crippen molar-refractivity contribution in [2.45, 2.75) is 13.5 Å². The Morgan fingerprint density at radius 2 is 2.29 bits per heavy atom. The maximum absolute atomic E-state index is 12.5. The van der Waals surface area contributed by atoms with Crippen LogP contribution in [0.25, 0.3) is 11.0 Å². The molecule has 2 heterocycles. The SMILES string of the molecule is Cc1c(C(=O)N(C)Cc2ncc[nH]2)oc2ccc(Cl)cc12. The van der Waals surface area contributed by atoms with Crippen molar-refractivity contribution in [3.05, 3.63) is 52.8 Å². The molecule has 108 valence electrons. The van der Waals surface area contributed by atoms with Gasteiger partial charge >= 0.3 is 0 Å². The third kappa shape index (κ3) is 2.52. The number of carbonyl (C=O) groups excluding carboxylic acids is 1. The summed E-state index contributed by atoms with van der Waals surface area (Å²) < 4.78 is 5.68. The molecule has 1 aromatic carbocycles. The monoisotopic (exact) mass is 303 g/mol. The minimum Gasteiger partial charge on any atom is -0.451 e. The molecule has 2 aromatic heterocycles. The molecule has 0 radical (unpaired) electrons. The molecule has 0 aliphatic heterocycles.